The van der Waals surface area contributed by atoms with Crippen molar-refractivity contribution < 1.29 is 18.3 Å². The Morgan fingerprint density at radius 2 is 2.11 bits per heavy atom. The molecule has 1 aliphatic heterocycles. The average Bonchev–Trinajstić information content (AvgIpc) is 2.87. The number of thiazole rings is 1. The molecule has 0 saturated carbocycles. The van der Waals surface area contributed by atoms with Gasteiger partial charge in [0.1, 0.15) is 0 Å². The van der Waals surface area contributed by atoms with Crippen LogP contribution in [0.15, 0.2) is 24.4 Å². The normalized spacial score (nSPS) is 15.5. The minimum Gasteiger partial charge on any atom is -0.395 e. The van der Waals surface area contributed by atoms with Gasteiger partial charge in [-0.15, -0.1) is 20.1 Å². The number of halogens is 2. The SMILES string of the molecule is Cc1ncc(CNc2ccc3c(c2)OC(F)(F)O3)s1. The lowest BCUT2D eigenvalue weighted by molar-refractivity contribution is -0.286. The van der Waals surface area contributed by atoms with E-state index in [1.54, 1.807) is 23.6 Å². The molecule has 0 saturated heterocycles. The first kappa shape index (κ1) is 12.2. The molecule has 7 heteroatoms. The number of hydrogen-bond donors (Lipinski definition) is 1. The molecule has 0 bridgehead atoms. The molecule has 4 nitrogen and oxygen atoms in total. The highest BCUT2D eigenvalue weighted by molar-refractivity contribution is 7.11. The molecule has 0 fully saturated rings. The van der Waals surface area contributed by atoms with Crippen LogP contribution in [0.5, 0.6) is 11.5 Å². The Labute approximate surface area is 112 Å². The Morgan fingerprint density at radius 1 is 1.32 bits per heavy atom. The summed E-state index contributed by atoms with van der Waals surface area (Å²) in [5, 5.41) is 4.11. The van der Waals surface area contributed by atoms with Crippen LogP contribution in [-0.2, 0) is 6.54 Å². The quantitative estimate of drug-likeness (QED) is 0.938. The van der Waals surface area contributed by atoms with E-state index in [1.807, 2.05) is 6.92 Å². The zero-order valence-electron chi connectivity index (χ0n) is 9.94. The van der Waals surface area contributed by atoms with Crippen LogP contribution in [0.3, 0.4) is 0 Å². The van der Waals surface area contributed by atoms with E-state index in [0.717, 1.165) is 9.88 Å². The van der Waals surface area contributed by atoms with Gasteiger partial charge in [-0.3, -0.25) is 0 Å². The highest BCUT2D eigenvalue weighted by Gasteiger charge is 2.43. The fraction of sp³-hybridized carbons (Fsp3) is 0.250. The highest BCUT2D eigenvalue weighted by atomic mass is 32.1. The van der Waals surface area contributed by atoms with Gasteiger partial charge < -0.3 is 14.8 Å². The monoisotopic (exact) mass is 284 g/mol. The molecule has 0 spiro atoms. The summed E-state index contributed by atoms with van der Waals surface area (Å²) in [5.41, 5.74) is 0.686. The molecule has 0 radical (unpaired) electrons. The number of nitrogens with one attached hydrogen (secondary N) is 1. The fourth-order valence-corrected chi connectivity index (χ4v) is 2.47. The van der Waals surface area contributed by atoms with E-state index in [9.17, 15) is 8.78 Å². The molecule has 0 amide bonds. The van der Waals surface area contributed by atoms with Crippen molar-refractivity contribution in [2.24, 2.45) is 0 Å². The van der Waals surface area contributed by atoms with E-state index in [1.165, 1.54) is 12.1 Å². The molecule has 3 rings (SSSR count). The van der Waals surface area contributed by atoms with Crippen molar-refractivity contribution >= 4 is 17.0 Å². The summed E-state index contributed by atoms with van der Waals surface area (Å²) in [7, 11) is 0. The molecule has 2 aromatic rings. The van der Waals surface area contributed by atoms with Crippen molar-refractivity contribution in [3.05, 3.63) is 34.3 Å². The van der Waals surface area contributed by atoms with E-state index in [4.69, 9.17) is 0 Å². The van der Waals surface area contributed by atoms with E-state index in [2.05, 4.69) is 19.8 Å². The highest BCUT2D eigenvalue weighted by Crippen LogP contribution is 2.42. The number of nitrogens with zero attached hydrogens (tertiary/aromatic N) is 1. The van der Waals surface area contributed by atoms with Crippen LogP contribution in [0.1, 0.15) is 9.88 Å². The lowest BCUT2D eigenvalue weighted by Crippen LogP contribution is -2.25. The van der Waals surface area contributed by atoms with Crippen LogP contribution in [-0.4, -0.2) is 11.3 Å². The van der Waals surface area contributed by atoms with Gasteiger partial charge in [-0.25, -0.2) is 4.98 Å². The van der Waals surface area contributed by atoms with Gasteiger partial charge in [0.15, 0.2) is 11.5 Å². The van der Waals surface area contributed by atoms with Gasteiger partial charge in [0.05, 0.1) is 11.6 Å². The summed E-state index contributed by atoms with van der Waals surface area (Å²) in [5.74, 6) is 0.0830. The Bertz CT molecular complexity index is 616. The summed E-state index contributed by atoms with van der Waals surface area (Å²) in [4.78, 5) is 5.21. The summed E-state index contributed by atoms with van der Waals surface area (Å²) >= 11 is 1.58. The maximum absolute atomic E-state index is 12.9. The molecule has 1 N–H and O–H groups in total. The minimum absolute atomic E-state index is 0.0375. The molecule has 19 heavy (non-hydrogen) atoms. The Kier molecular flexibility index (Phi) is 2.78. The number of aromatic nitrogens is 1. The van der Waals surface area contributed by atoms with Crippen LogP contribution in [0.2, 0.25) is 0 Å². The summed E-state index contributed by atoms with van der Waals surface area (Å²) in [6.45, 7) is 2.51. The number of aryl methyl sites for hydroxylation is 1. The average molecular weight is 284 g/mol. The first-order chi connectivity index (χ1) is 9.02. The minimum atomic E-state index is -3.57. The maximum atomic E-state index is 12.9. The van der Waals surface area contributed by atoms with E-state index < -0.39 is 6.29 Å². The predicted octanol–water partition coefficient (Wildman–Crippen LogP) is 3.39. The second-order valence-electron chi connectivity index (χ2n) is 4.03. The third-order valence-corrected chi connectivity index (χ3v) is 3.45. The Hall–Kier alpha value is -1.89. The molecule has 100 valence electrons. The molecular formula is C12H10F2N2O2S. The van der Waals surface area contributed by atoms with Gasteiger partial charge in [0.25, 0.3) is 0 Å². The van der Waals surface area contributed by atoms with Crippen LogP contribution < -0.4 is 14.8 Å². The van der Waals surface area contributed by atoms with Crippen molar-refractivity contribution in [2.45, 2.75) is 19.8 Å². The van der Waals surface area contributed by atoms with Gasteiger partial charge in [0.2, 0.25) is 0 Å². The molecule has 1 aliphatic rings. The number of fused-ring (bicyclic) bond motifs is 1. The van der Waals surface area contributed by atoms with Crippen molar-refractivity contribution in [3.63, 3.8) is 0 Å². The lowest BCUT2D eigenvalue weighted by Gasteiger charge is -2.05. The van der Waals surface area contributed by atoms with Gasteiger partial charge in [-0.2, -0.15) is 0 Å². The predicted molar refractivity (Wildman–Crippen MR) is 66.8 cm³/mol. The van der Waals surface area contributed by atoms with Crippen LogP contribution in [0, 0.1) is 6.92 Å². The summed E-state index contributed by atoms with van der Waals surface area (Å²) in [6.07, 6.45) is -1.79. The molecule has 0 unspecified atom stereocenters. The van der Waals surface area contributed by atoms with Crippen molar-refractivity contribution in [1.29, 1.82) is 0 Å². The molecule has 2 heterocycles. The van der Waals surface area contributed by atoms with E-state index in [-0.39, 0.29) is 11.5 Å². The van der Waals surface area contributed by atoms with Crippen LogP contribution in [0.4, 0.5) is 14.5 Å². The number of anilines is 1. The molecule has 1 aromatic carbocycles. The van der Waals surface area contributed by atoms with Gasteiger partial charge in [-0.05, 0) is 19.1 Å². The Balaban J connectivity index is 1.70. The van der Waals surface area contributed by atoms with Crippen LogP contribution in [0.25, 0.3) is 0 Å². The lowest BCUT2D eigenvalue weighted by atomic mass is 10.3. The number of hydrogen-bond acceptors (Lipinski definition) is 5. The molecule has 1 aromatic heterocycles. The summed E-state index contributed by atoms with van der Waals surface area (Å²) in [6, 6.07) is 4.61. The van der Waals surface area contributed by atoms with Crippen molar-refractivity contribution in [2.75, 3.05) is 5.32 Å². The largest absolute Gasteiger partial charge is 0.586 e. The van der Waals surface area contributed by atoms with Gasteiger partial charge in [0, 0.05) is 22.8 Å². The topological polar surface area (TPSA) is 43.4 Å². The molecular weight excluding hydrogens is 274 g/mol. The van der Waals surface area contributed by atoms with Crippen molar-refractivity contribution in [1.82, 2.24) is 4.98 Å². The van der Waals surface area contributed by atoms with Crippen molar-refractivity contribution in [3.8, 4) is 11.5 Å². The zero-order chi connectivity index (χ0) is 13.5. The number of rotatable bonds is 3. The first-order valence-electron chi connectivity index (χ1n) is 5.57. The van der Waals surface area contributed by atoms with E-state index >= 15 is 0 Å². The Morgan fingerprint density at radius 3 is 2.84 bits per heavy atom. The molecule has 0 aliphatic carbocycles. The second-order valence-corrected chi connectivity index (χ2v) is 5.35. The smallest absolute Gasteiger partial charge is 0.395 e. The number of benzene rings is 1. The standard InChI is InChI=1S/C12H10F2N2O2S/c1-7-15-5-9(19-7)6-16-8-2-3-10-11(4-8)18-12(13,14)17-10/h2-5,16H,6H2,1H3. The van der Waals surface area contributed by atoms with Gasteiger partial charge in [-0.1, -0.05) is 0 Å². The fourth-order valence-electron chi connectivity index (χ4n) is 1.74. The number of alkyl halides is 2. The third-order valence-electron chi connectivity index (χ3n) is 2.54. The van der Waals surface area contributed by atoms with Crippen LogP contribution >= 0.6 is 11.3 Å². The second kappa shape index (κ2) is 4.34. The van der Waals surface area contributed by atoms with Gasteiger partial charge >= 0.3 is 6.29 Å². The third kappa shape index (κ3) is 2.60. The number of ether oxygens (including phenoxy) is 2. The first-order valence-corrected chi connectivity index (χ1v) is 6.38. The molecule has 0 atom stereocenters. The summed E-state index contributed by atoms with van der Waals surface area (Å²) < 4.78 is 34.4. The maximum Gasteiger partial charge on any atom is 0.586 e. The van der Waals surface area contributed by atoms with E-state index in [0.29, 0.717) is 12.2 Å². The zero-order valence-corrected chi connectivity index (χ0v) is 10.8.